The highest BCUT2D eigenvalue weighted by molar-refractivity contribution is 5.46. The Morgan fingerprint density at radius 3 is 2.88 bits per heavy atom. The zero-order valence-electron chi connectivity index (χ0n) is 14.6. The third-order valence-corrected chi connectivity index (χ3v) is 4.84. The van der Waals surface area contributed by atoms with Gasteiger partial charge in [0.25, 0.3) is 0 Å². The zero-order valence-corrected chi connectivity index (χ0v) is 14.6. The quantitative estimate of drug-likeness (QED) is 0.823. The molecule has 138 valence electrons. The first-order valence-electron chi connectivity index (χ1n) is 9.05. The minimum absolute atomic E-state index is 0.216. The predicted octanol–water partition coefficient (Wildman–Crippen LogP) is 1.96. The van der Waals surface area contributed by atoms with Crippen molar-refractivity contribution < 1.29 is 14.2 Å². The third-order valence-electron chi connectivity index (χ3n) is 4.84. The van der Waals surface area contributed by atoms with Gasteiger partial charge in [-0.1, -0.05) is 12.1 Å². The summed E-state index contributed by atoms with van der Waals surface area (Å²) in [4.78, 5) is 11.2. The third kappa shape index (κ3) is 3.94. The highest BCUT2D eigenvalue weighted by atomic mass is 19.1. The van der Waals surface area contributed by atoms with E-state index in [4.69, 9.17) is 4.74 Å². The normalized spacial score (nSPS) is 20.2. The van der Waals surface area contributed by atoms with Crippen LogP contribution >= 0.6 is 0 Å². The molecule has 2 N–H and O–H groups in total. The molecule has 2 aromatic rings. The van der Waals surface area contributed by atoms with Crippen molar-refractivity contribution in [3.8, 4) is 0 Å². The molecule has 1 aromatic carbocycles. The number of nitrogens with zero attached hydrogens (tertiary/aromatic N) is 3. The van der Waals surface area contributed by atoms with Crippen LogP contribution < -0.4 is 10.2 Å². The molecule has 0 spiro atoms. The van der Waals surface area contributed by atoms with Gasteiger partial charge in [0.2, 0.25) is 5.95 Å². The molecule has 4 rings (SSSR count). The second-order valence-corrected chi connectivity index (χ2v) is 6.90. The highest BCUT2D eigenvalue weighted by Gasteiger charge is 2.28. The fraction of sp³-hybridized carbons (Fsp3) is 0.474. The Morgan fingerprint density at radius 1 is 1.27 bits per heavy atom. The molecule has 7 heteroatoms. The fourth-order valence-electron chi connectivity index (χ4n) is 3.31. The number of hydrogen-bond donors (Lipinski definition) is 2. The van der Waals surface area contributed by atoms with Gasteiger partial charge < -0.3 is 20.1 Å². The number of halogens is 1. The lowest BCUT2D eigenvalue weighted by Crippen LogP contribution is -2.51. The highest BCUT2D eigenvalue weighted by Crippen LogP contribution is 2.28. The van der Waals surface area contributed by atoms with Crippen molar-refractivity contribution in [2.45, 2.75) is 24.9 Å². The minimum Gasteiger partial charge on any atom is -0.389 e. The summed E-state index contributed by atoms with van der Waals surface area (Å²) in [5.74, 6) is 1.47. The van der Waals surface area contributed by atoms with Crippen LogP contribution in [0.4, 0.5) is 16.2 Å². The number of nitrogens with one attached hydrogen (secondary N) is 1. The van der Waals surface area contributed by atoms with Crippen LogP contribution in [0.1, 0.15) is 23.6 Å². The summed E-state index contributed by atoms with van der Waals surface area (Å²) in [6.07, 6.45) is 1.37. The Hall–Kier alpha value is -2.25. The molecule has 1 aromatic heterocycles. The maximum atomic E-state index is 13.3. The maximum Gasteiger partial charge on any atom is 0.227 e. The van der Waals surface area contributed by atoms with Gasteiger partial charge in [-0.15, -0.1) is 0 Å². The van der Waals surface area contributed by atoms with Gasteiger partial charge in [0.1, 0.15) is 11.6 Å². The smallest absolute Gasteiger partial charge is 0.227 e. The molecule has 2 fully saturated rings. The van der Waals surface area contributed by atoms with Crippen LogP contribution in [-0.4, -0.2) is 54.0 Å². The lowest BCUT2D eigenvalue weighted by molar-refractivity contribution is 0.140. The lowest BCUT2D eigenvalue weighted by atomic mass is 10.0. The second-order valence-electron chi connectivity index (χ2n) is 6.90. The molecule has 0 saturated carbocycles. The number of aliphatic hydroxyl groups excluding tert-OH is 1. The van der Waals surface area contributed by atoms with E-state index >= 15 is 0 Å². The molecular formula is C19H23FN4O2. The van der Waals surface area contributed by atoms with E-state index in [1.165, 1.54) is 6.07 Å². The number of ether oxygens (including phenoxy) is 1. The number of β-amino-alcohol motifs (C(OH)–C–C–N with tert-alkyl or cyclic N) is 1. The molecule has 26 heavy (non-hydrogen) atoms. The topological polar surface area (TPSA) is 70.5 Å². The van der Waals surface area contributed by atoms with Crippen LogP contribution in [0.15, 0.2) is 30.3 Å². The predicted molar refractivity (Wildman–Crippen MR) is 97.0 cm³/mol. The molecule has 1 atom stereocenters. The summed E-state index contributed by atoms with van der Waals surface area (Å²) in [7, 11) is 0. The average Bonchev–Trinajstić information content (AvgIpc) is 3.13. The van der Waals surface area contributed by atoms with Crippen LogP contribution in [-0.2, 0) is 11.2 Å². The number of hydrogen-bond acceptors (Lipinski definition) is 6. The van der Waals surface area contributed by atoms with E-state index in [1.54, 1.807) is 12.1 Å². The zero-order chi connectivity index (χ0) is 17.9. The van der Waals surface area contributed by atoms with Crippen LogP contribution in [0, 0.1) is 5.82 Å². The average molecular weight is 358 g/mol. The summed E-state index contributed by atoms with van der Waals surface area (Å²) in [5, 5.41) is 12.9. The summed E-state index contributed by atoms with van der Waals surface area (Å²) >= 11 is 0. The number of anilines is 2. The van der Waals surface area contributed by atoms with Gasteiger partial charge in [-0.25, -0.2) is 9.37 Å². The van der Waals surface area contributed by atoms with E-state index in [9.17, 15) is 9.50 Å². The van der Waals surface area contributed by atoms with Gasteiger partial charge in [0.05, 0.1) is 18.4 Å². The van der Waals surface area contributed by atoms with Crippen LogP contribution in [0.2, 0.25) is 0 Å². The Balaban J connectivity index is 1.46. The van der Waals surface area contributed by atoms with E-state index in [-0.39, 0.29) is 17.8 Å². The first kappa shape index (κ1) is 17.2. The molecule has 2 aliphatic heterocycles. The number of aliphatic hydroxyl groups is 1. The molecular weight excluding hydrogens is 335 g/mol. The van der Waals surface area contributed by atoms with Crippen molar-refractivity contribution in [1.82, 2.24) is 9.97 Å². The minimum atomic E-state index is -0.304. The summed E-state index contributed by atoms with van der Waals surface area (Å²) < 4.78 is 18.8. The van der Waals surface area contributed by atoms with Crippen molar-refractivity contribution in [2.24, 2.45) is 0 Å². The van der Waals surface area contributed by atoms with Crippen molar-refractivity contribution in [1.29, 1.82) is 0 Å². The summed E-state index contributed by atoms with van der Waals surface area (Å²) in [5.41, 5.74) is 1.92. The van der Waals surface area contributed by atoms with Crippen molar-refractivity contribution in [3.05, 3.63) is 47.4 Å². The number of benzene rings is 1. The first-order chi connectivity index (χ1) is 12.7. The van der Waals surface area contributed by atoms with Gasteiger partial charge in [0, 0.05) is 38.2 Å². The van der Waals surface area contributed by atoms with E-state index in [0.29, 0.717) is 38.6 Å². The largest absolute Gasteiger partial charge is 0.389 e. The van der Waals surface area contributed by atoms with Crippen LogP contribution in [0.25, 0.3) is 0 Å². The summed E-state index contributed by atoms with van der Waals surface area (Å²) in [6, 6.07) is 8.62. The molecule has 6 nitrogen and oxygen atoms in total. The van der Waals surface area contributed by atoms with E-state index in [2.05, 4.69) is 15.3 Å². The molecule has 0 radical (unpaired) electrons. The molecule has 1 unspecified atom stereocenters. The van der Waals surface area contributed by atoms with Crippen molar-refractivity contribution in [3.63, 3.8) is 0 Å². The SMILES string of the molecule is OC1CN(c2nc(NCCc3cccc(F)c3)cc(C3CCOC3)n2)C1. The Morgan fingerprint density at radius 2 is 2.15 bits per heavy atom. The molecule has 0 bridgehead atoms. The Labute approximate surface area is 152 Å². The molecule has 3 heterocycles. The van der Waals surface area contributed by atoms with Crippen molar-refractivity contribution in [2.75, 3.05) is 43.1 Å². The van der Waals surface area contributed by atoms with Crippen LogP contribution in [0.5, 0.6) is 0 Å². The van der Waals surface area contributed by atoms with Gasteiger partial charge in [-0.3, -0.25) is 0 Å². The number of aromatic nitrogens is 2. The van der Waals surface area contributed by atoms with Crippen LogP contribution in [0.3, 0.4) is 0 Å². The summed E-state index contributed by atoms with van der Waals surface area (Å²) in [6.45, 7) is 3.22. The molecule has 0 aliphatic carbocycles. The molecule has 2 aliphatic rings. The lowest BCUT2D eigenvalue weighted by Gasteiger charge is -2.36. The first-order valence-corrected chi connectivity index (χ1v) is 9.05. The fourth-order valence-corrected chi connectivity index (χ4v) is 3.31. The van der Waals surface area contributed by atoms with Gasteiger partial charge in [-0.05, 0) is 30.5 Å². The van der Waals surface area contributed by atoms with Gasteiger partial charge >= 0.3 is 0 Å². The standard InChI is InChI=1S/C19H23FN4O2/c20-15-3-1-2-13(8-15)4-6-21-18-9-17(14-5-7-26-12-14)22-19(23-18)24-10-16(25)11-24/h1-3,8-9,14,16,25H,4-7,10-12H2,(H,21,22,23). The van der Waals surface area contributed by atoms with Crippen molar-refractivity contribution >= 4 is 11.8 Å². The van der Waals surface area contributed by atoms with E-state index in [1.807, 2.05) is 17.0 Å². The monoisotopic (exact) mass is 358 g/mol. The van der Waals surface area contributed by atoms with E-state index in [0.717, 1.165) is 30.1 Å². The maximum absolute atomic E-state index is 13.3. The van der Waals surface area contributed by atoms with Gasteiger partial charge in [0.15, 0.2) is 0 Å². The second kappa shape index (κ2) is 7.55. The Kier molecular flexibility index (Phi) is 4.99. The molecule has 0 amide bonds. The number of rotatable bonds is 6. The Bertz CT molecular complexity index is 761. The van der Waals surface area contributed by atoms with E-state index < -0.39 is 0 Å². The molecule has 2 saturated heterocycles. The van der Waals surface area contributed by atoms with Gasteiger partial charge in [-0.2, -0.15) is 4.98 Å².